The Kier molecular flexibility index (Phi) is 54.3. The molecule has 0 aliphatic heterocycles. The second-order valence-corrected chi connectivity index (χ2v) is 34.8. The molecule has 0 N–H and O–H groups in total. The van der Waals surface area contributed by atoms with E-state index in [4.69, 9.17) is 46.4 Å². The van der Waals surface area contributed by atoms with Crippen LogP contribution in [-0.2, 0) is 96.2 Å². The molecule has 4 heterocycles. The van der Waals surface area contributed by atoms with Gasteiger partial charge in [0.2, 0.25) is 0 Å². The Morgan fingerprint density at radius 3 is 0.402 bits per heavy atom. The molecular weight excluding hydrogens is 1800 g/mol. The first-order valence-electron chi connectivity index (χ1n) is 35.1. The molecule has 0 spiro atoms. The van der Waals surface area contributed by atoms with Gasteiger partial charge in [0, 0.05) is 65.6 Å². The first kappa shape index (κ1) is 115. The van der Waals surface area contributed by atoms with Crippen LogP contribution >= 0.6 is 77.7 Å². The van der Waals surface area contributed by atoms with Crippen LogP contribution in [0.2, 0.25) is 20.1 Å². The fourth-order valence-corrected chi connectivity index (χ4v) is 13.7. The largest absolute Gasteiger partial charge is 2.00 e. The van der Waals surface area contributed by atoms with E-state index in [1.165, 1.54) is 22.3 Å². The fourth-order valence-electron chi connectivity index (χ4n) is 11.0. The number of benzene rings is 4. The van der Waals surface area contributed by atoms with Crippen molar-refractivity contribution in [2.24, 2.45) is 0 Å². The number of rotatable bonds is 16. The fraction of sp³-hybridized carbons (Fsp3) is 0.450. The van der Waals surface area contributed by atoms with Gasteiger partial charge in [0.1, 0.15) is 54.3 Å². The molecule has 0 aliphatic carbocycles. The Morgan fingerprint density at radius 2 is 0.330 bits per heavy atom. The van der Waals surface area contributed by atoms with Crippen molar-refractivity contribution in [2.75, 3.05) is 0 Å². The van der Waals surface area contributed by atoms with Crippen LogP contribution in [0.4, 0.5) is 0 Å². The number of nitrogens with zero attached hydrogens (tertiary/aromatic N) is 4. The molecule has 20 nitrogen and oxygen atoms in total. The summed E-state index contributed by atoms with van der Waals surface area (Å²) in [7, 11) is -20.3. The molecule has 32 heteroatoms. The third kappa shape index (κ3) is 46.3. The molecule has 112 heavy (non-hydrogen) atoms. The topological polar surface area (TPSA) is 341 Å². The molecule has 8 rings (SSSR count). The number of aryl methyl sites for hydroxylation is 12. The van der Waals surface area contributed by atoms with Crippen LogP contribution in [-0.4, -0.2) is 19.9 Å². The molecule has 0 saturated heterocycles. The molecule has 0 amide bonds. The van der Waals surface area contributed by atoms with E-state index in [0.717, 1.165) is 45.6 Å². The number of phosphoric ester groups is 4. The van der Waals surface area contributed by atoms with E-state index >= 15 is 0 Å². The molecule has 0 bridgehead atoms. The van der Waals surface area contributed by atoms with Crippen LogP contribution in [0.25, 0.3) is 0 Å². The SMILES string of the molecule is CC(C)c1cc(Cl)cc(C(C)C)c1OP(=O)([O-])[O-].CC(C)c1cc(Cl)cc(C(C)C)c1OP(=O)([O-])[O-].CC(C)c1cc(Cl)cc(C(C)C)c1OP(=O)([O-])[O-].CC(C)c1cc(Cl)cc(C(C)C)c1OP(=O)([O-])[O-].Cc1cc(C)nc(C)c1.Cc1cc(C)nc(C)c1.Cc1cc(C)nc(C)c1.Cc1cc(C)nc(C)c1.[Zn+2].[Zn+2].[Zn+2].[Zn+2]. The van der Waals surface area contributed by atoms with Crippen LogP contribution in [0.3, 0.4) is 0 Å². The maximum atomic E-state index is 10.9. The van der Waals surface area contributed by atoms with Gasteiger partial charge in [-0.1, -0.05) is 157 Å². The van der Waals surface area contributed by atoms with E-state index < -0.39 is 31.3 Å². The van der Waals surface area contributed by atoms with Gasteiger partial charge in [-0.3, -0.25) is 19.9 Å². The average Bonchev–Trinajstić information content (AvgIpc) is 0.819. The summed E-state index contributed by atoms with van der Waals surface area (Å²) in [5, 5.41) is 2.01. The van der Waals surface area contributed by atoms with Crippen LogP contribution in [0.5, 0.6) is 23.0 Å². The molecule has 4 aromatic heterocycles. The van der Waals surface area contributed by atoms with E-state index in [1.807, 2.05) is 166 Å². The molecule has 0 atom stereocenters. The molecule has 0 saturated carbocycles. The van der Waals surface area contributed by atoms with E-state index in [0.29, 0.717) is 64.6 Å². The predicted molar refractivity (Wildman–Crippen MR) is 425 cm³/mol. The van der Waals surface area contributed by atoms with Gasteiger partial charge in [-0.05, 0) is 294 Å². The van der Waals surface area contributed by atoms with Gasteiger partial charge in [-0.2, -0.15) is 0 Å². The average molecular weight is 1910 g/mol. The van der Waals surface area contributed by atoms with Gasteiger partial charge in [0.05, 0.1) is 0 Å². The Bertz CT molecular complexity index is 3590. The molecule has 0 radical (unpaired) electrons. The van der Waals surface area contributed by atoms with Crippen molar-refractivity contribution in [3.63, 3.8) is 0 Å². The van der Waals surface area contributed by atoms with Gasteiger partial charge >= 0.3 is 77.9 Å². The van der Waals surface area contributed by atoms with Crippen LogP contribution in [0.15, 0.2) is 97.1 Å². The molecule has 0 aliphatic rings. The van der Waals surface area contributed by atoms with Crippen LogP contribution < -0.4 is 57.2 Å². The zero-order valence-electron chi connectivity index (χ0n) is 70.3. The molecule has 600 valence electrons. The first-order chi connectivity index (χ1) is 49.2. The third-order valence-electron chi connectivity index (χ3n) is 15.1. The predicted octanol–water partition coefficient (Wildman–Crippen LogP) is 19.2. The summed E-state index contributed by atoms with van der Waals surface area (Å²) in [5.41, 5.74) is 19.0. The number of hydrogen-bond acceptors (Lipinski definition) is 20. The van der Waals surface area contributed by atoms with Crippen molar-refractivity contribution < 1.29 is 153 Å². The number of halogens is 4. The van der Waals surface area contributed by atoms with Crippen molar-refractivity contribution in [2.45, 2.75) is 241 Å². The normalized spacial score (nSPS) is 11.0. The van der Waals surface area contributed by atoms with Gasteiger partial charge in [-0.15, -0.1) is 0 Å². The van der Waals surface area contributed by atoms with Crippen molar-refractivity contribution in [3.8, 4) is 23.0 Å². The number of phosphoric acid groups is 4. The maximum absolute atomic E-state index is 10.9. The number of aromatic nitrogens is 4. The second-order valence-electron chi connectivity index (χ2n) is 28.8. The van der Waals surface area contributed by atoms with E-state index in [2.05, 4.69) is 114 Å². The van der Waals surface area contributed by atoms with Gasteiger partial charge in [-0.25, -0.2) is 0 Å². The minimum absolute atomic E-state index is 0. The molecular formula is C80H108Cl4N4O16P4Zn4. The summed E-state index contributed by atoms with van der Waals surface area (Å²) >= 11 is 24.0. The monoisotopic (exact) mass is 1900 g/mol. The van der Waals surface area contributed by atoms with Crippen molar-refractivity contribution in [3.05, 3.63) is 229 Å². The third-order valence-corrected chi connectivity index (χ3v) is 17.6. The summed E-state index contributed by atoms with van der Waals surface area (Å²) in [6, 6.07) is 29.6. The number of pyridine rings is 4. The summed E-state index contributed by atoms with van der Waals surface area (Å²) < 4.78 is 61.9. The van der Waals surface area contributed by atoms with E-state index in [-0.39, 0.29) is 148 Å². The van der Waals surface area contributed by atoms with Crippen LogP contribution in [0, 0.1) is 83.1 Å². The Balaban J connectivity index is -0.000000602. The summed E-state index contributed by atoms with van der Waals surface area (Å²) in [6.45, 7) is 54.5. The van der Waals surface area contributed by atoms with Gasteiger partial charge in [0.25, 0.3) is 0 Å². The minimum atomic E-state index is -5.08. The minimum Gasteiger partial charge on any atom is -0.780 e. The maximum Gasteiger partial charge on any atom is 2.00 e. The summed E-state index contributed by atoms with van der Waals surface area (Å²) in [4.78, 5) is 104. The Labute approximate surface area is 738 Å². The molecule has 0 unspecified atom stereocenters. The van der Waals surface area contributed by atoms with E-state index in [1.54, 1.807) is 48.5 Å². The zero-order chi connectivity index (χ0) is 83.8. The number of hydrogen-bond donors (Lipinski definition) is 0. The second kappa shape index (κ2) is 52.8. The first-order valence-corrected chi connectivity index (χ1v) is 42.4. The Morgan fingerprint density at radius 1 is 0.232 bits per heavy atom. The molecule has 8 aromatic rings. The standard InChI is InChI=1S/4C12H18ClO4P.4C8H11N.4Zn/c4*1-7(2)10-5-9(13)6-11(8(3)4)12(10)17-18(14,15)16;4*1-6-4-7(2)9-8(3)5-6;;;;/h4*5-8H,1-4H3,(H2,14,15,16);4*4-5H,1-3H3;;;;/q;;;;;;;;4*+2/p-8. The smallest absolute Gasteiger partial charge is 0.780 e. The molecule has 0 fully saturated rings. The van der Waals surface area contributed by atoms with Gasteiger partial charge in [0.15, 0.2) is 0 Å². The quantitative estimate of drug-likeness (QED) is 0.0640. The molecule has 4 aromatic carbocycles. The van der Waals surface area contributed by atoms with Crippen molar-refractivity contribution in [1.29, 1.82) is 0 Å². The Hall–Kier alpha value is -3.07. The summed E-state index contributed by atoms with van der Waals surface area (Å²) in [5.74, 6) is 0.512. The zero-order valence-corrected chi connectivity index (χ0v) is 88.8. The van der Waals surface area contributed by atoms with Crippen molar-refractivity contribution in [1.82, 2.24) is 19.9 Å². The summed E-state index contributed by atoms with van der Waals surface area (Å²) in [6.07, 6.45) is 0. The van der Waals surface area contributed by atoms with Crippen LogP contribution in [0.1, 0.15) is 270 Å². The van der Waals surface area contributed by atoms with Crippen molar-refractivity contribution >= 4 is 77.7 Å². The van der Waals surface area contributed by atoms with Gasteiger partial charge < -0.3 is 75.5 Å². The van der Waals surface area contributed by atoms with E-state index in [9.17, 15) is 57.4 Å².